The van der Waals surface area contributed by atoms with Crippen LogP contribution in [0.3, 0.4) is 0 Å². The molecule has 0 bridgehead atoms. The van der Waals surface area contributed by atoms with E-state index in [4.69, 9.17) is 4.42 Å². The third kappa shape index (κ3) is 4.38. The van der Waals surface area contributed by atoms with Gasteiger partial charge in [0.1, 0.15) is 11.2 Å². The summed E-state index contributed by atoms with van der Waals surface area (Å²) in [6.07, 6.45) is 0. The number of benzene rings is 10. The Morgan fingerprint density at radius 2 is 0.852 bits per heavy atom. The molecule has 0 aliphatic carbocycles. The van der Waals surface area contributed by atoms with Gasteiger partial charge in [0.05, 0.1) is 0 Å². The lowest BCUT2D eigenvalue weighted by atomic mass is 9.85. The first kappa shape index (κ1) is 29.8. The molecule has 12 aromatic rings. The Labute approximate surface area is 314 Å². The van der Waals surface area contributed by atoms with Crippen LogP contribution in [0.4, 0.5) is 0 Å². The highest BCUT2D eigenvalue weighted by molar-refractivity contribution is 7.26. The fourth-order valence-electron chi connectivity index (χ4n) is 8.93. The van der Waals surface area contributed by atoms with Crippen LogP contribution in [0, 0.1) is 0 Å². The van der Waals surface area contributed by atoms with Crippen molar-refractivity contribution in [2.75, 3.05) is 0 Å². The fraction of sp³-hybridized carbons (Fsp3) is 0. The number of furan rings is 1. The molecule has 0 radical (unpaired) electrons. The van der Waals surface area contributed by atoms with Crippen molar-refractivity contribution in [2.45, 2.75) is 0 Å². The third-order valence-electron chi connectivity index (χ3n) is 11.4. The van der Waals surface area contributed by atoms with Crippen molar-refractivity contribution in [3.63, 3.8) is 0 Å². The molecule has 0 unspecified atom stereocenters. The van der Waals surface area contributed by atoms with Crippen molar-refractivity contribution in [2.24, 2.45) is 0 Å². The van der Waals surface area contributed by atoms with E-state index in [2.05, 4.69) is 182 Å². The summed E-state index contributed by atoms with van der Waals surface area (Å²) in [5.41, 5.74) is 9.29. The second kappa shape index (κ2) is 11.4. The van der Waals surface area contributed by atoms with Gasteiger partial charge in [-0.2, -0.15) is 0 Å². The molecule has 0 amide bonds. The summed E-state index contributed by atoms with van der Waals surface area (Å²) in [5.74, 6) is 0. The highest BCUT2D eigenvalue weighted by Gasteiger charge is 2.18. The molecule has 1 nitrogen and oxygen atoms in total. The monoisotopic (exact) mass is 702 g/mol. The minimum atomic E-state index is 0.920. The van der Waals surface area contributed by atoms with E-state index in [9.17, 15) is 0 Å². The van der Waals surface area contributed by atoms with Crippen LogP contribution < -0.4 is 0 Å². The predicted octanol–water partition coefficient (Wildman–Crippen LogP) is 15.6. The van der Waals surface area contributed by atoms with E-state index in [1.165, 1.54) is 96.6 Å². The second-order valence-corrected chi connectivity index (χ2v) is 15.5. The molecule has 54 heavy (non-hydrogen) atoms. The Morgan fingerprint density at radius 1 is 0.296 bits per heavy atom. The average Bonchev–Trinajstić information content (AvgIpc) is 3.78. The lowest BCUT2D eigenvalue weighted by molar-refractivity contribution is 0.669. The van der Waals surface area contributed by atoms with Gasteiger partial charge in [0.15, 0.2) is 0 Å². The maximum absolute atomic E-state index is 6.46. The Balaban J connectivity index is 0.992. The van der Waals surface area contributed by atoms with Gasteiger partial charge in [-0.15, -0.1) is 11.3 Å². The number of thiophene rings is 1. The second-order valence-electron chi connectivity index (χ2n) is 14.4. The summed E-state index contributed by atoms with van der Waals surface area (Å²) in [7, 11) is 0. The molecule has 2 heteroatoms. The third-order valence-corrected chi connectivity index (χ3v) is 12.5. The molecule has 10 aromatic carbocycles. The summed E-state index contributed by atoms with van der Waals surface area (Å²) >= 11 is 1.84. The Kier molecular flexibility index (Phi) is 6.28. The number of fused-ring (bicyclic) bond motifs is 11. The van der Waals surface area contributed by atoms with Gasteiger partial charge < -0.3 is 4.42 Å². The van der Waals surface area contributed by atoms with Gasteiger partial charge in [-0.25, -0.2) is 0 Å². The van der Waals surface area contributed by atoms with Crippen molar-refractivity contribution >= 4 is 96.5 Å². The minimum Gasteiger partial charge on any atom is -0.456 e. The van der Waals surface area contributed by atoms with Crippen LogP contribution in [0.5, 0.6) is 0 Å². The van der Waals surface area contributed by atoms with Crippen LogP contribution >= 0.6 is 11.3 Å². The Hall–Kier alpha value is -6.74. The predicted molar refractivity (Wildman–Crippen MR) is 233 cm³/mol. The summed E-state index contributed by atoms with van der Waals surface area (Å²) in [5, 5.41) is 15.1. The normalized spacial score (nSPS) is 12.1. The smallest absolute Gasteiger partial charge is 0.136 e. The van der Waals surface area contributed by atoms with E-state index in [0.29, 0.717) is 0 Å². The van der Waals surface area contributed by atoms with Crippen LogP contribution in [-0.2, 0) is 0 Å². The highest BCUT2D eigenvalue weighted by atomic mass is 32.1. The summed E-state index contributed by atoms with van der Waals surface area (Å²) in [6.45, 7) is 0. The van der Waals surface area contributed by atoms with Gasteiger partial charge >= 0.3 is 0 Å². The van der Waals surface area contributed by atoms with E-state index in [-0.39, 0.29) is 0 Å². The van der Waals surface area contributed by atoms with Crippen LogP contribution in [0.15, 0.2) is 186 Å². The maximum atomic E-state index is 6.46. The van der Waals surface area contributed by atoms with Crippen LogP contribution in [0.25, 0.3) is 119 Å². The van der Waals surface area contributed by atoms with Crippen LogP contribution in [0.1, 0.15) is 0 Å². The molecular formula is C52H30OS. The molecule has 0 saturated carbocycles. The molecule has 0 aliphatic rings. The molecule has 0 atom stereocenters. The standard InChI is InChI=1S/C52H30OS/c1-2-11-32(12-3-1)50-39-14-6-8-16-41(39)51(42-17-9-7-15-40(42)50)37-21-20-33-26-34(18-19-35(33)27-37)36-22-24-46-43(28-36)44-29-45-49(30-47(44)53-46)54-48-25-23-31-10-4-5-13-38(31)52(45)48/h1-30H. The van der Waals surface area contributed by atoms with Gasteiger partial charge in [-0.3, -0.25) is 0 Å². The summed E-state index contributed by atoms with van der Waals surface area (Å²) in [4.78, 5) is 0. The zero-order valence-corrected chi connectivity index (χ0v) is 30.0. The molecule has 0 saturated heterocycles. The lowest BCUT2D eigenvalue weighted by Crippen LogP contribution is -1.90. The van der Waals surface area contributed by atoms with Crippen molar-refractivity contribution < 1.29 is 4.42 Å². The Bertz CT molecular complexity index is 3440. The Morgan fingerprint density at radius 3 is 1.59 bits per heavy atom. The first-order valence-electron chi connectivity index (χ1n) is 18.5. The number of rotatable bonds is 3. The summed E-state index contributed by atoms with van der Waals surface area (Å²) in [6, 6.07) is 66.8. The number of hydrogen-bond donors (Lipinski definition) is 0. The van der Waals surface area contributed by atoms with Gasteiger partial charge in [0, 0.05) is 30.9 Å². The van der Waals surface area contributed by atoms with E-state index in [1.807, 2.05) is 11.3 Å². The van der Waals surface area contributed by atoms with E-state index >= 15 is 0 Å². The zero-order valence-electron chi connectivity index (χ0n) is 29.1. The highest BCUT2D eigenvalue weighted by Crippen LogP contribution is 2.45. The van der Waals surface area contributed by atoms with Gasteiger partial charge in [-0.05, 0) is 119 Å². The number of hydrogen-bond acceptors (Lipinski definition) is 2. The van der Waals surface area contributed by atoms with Gasteiger partial charge in [0.2, 0.25) is 0 Å². The molecule has 12 rings (SSSR count). The van der Waals surface area contributed by atoms with Gasteiger partial charge in [-0.1, -0.05) is 140 Å². The quantitative estimate of drug-likeness (QED) is 0.167. The maximum Gasteiger partial charge on any atom is 0.136 e. The van der Waals surface area contributed by atoms with Crippen molar-refractivity contribution in [1.82, 2.24) is 0 Å². The molecule has 0 N–H and O–H groups in total. The molecule has 0 spiro atoms. The fourth-order valence-corrected chi connectivity index (χ4v) is 10.1. The van der Waals surface area contributed by atoms with Crippen molar-refractivity contribution in [1.29, 1.82) is 0 Å². The first-order chi connectivity index (χ1) is 26.7. The molecule has 2 aromatic heterocycles. The molecule has 0 aliphatic heterocycles. The molecule has 2 heterocycles. The largest absolute Gasteiger partial charge is 0.456 e. The SMILES string of the molecule is c1ccc(-c2c3ccccc3c(-c3ccc4cc(-c5ccc6oc7cc8sc9ccc%10ccccc%10c9c8cc7c6c5)ccc4c3)c3ccccc23)cc1. The molecule has 0 fully saturated rings. The molecular weight excluding hydrogens is 673 g/mol. The topological polar surface area (TPSA) is 13.1 Å². The van der Waals surface area contributed by atoms with Gasteiger partial charge in [0.25, 0.3) is 0 Å². The average molecular weight is 703 g/mol. The lowest BCUT2D eigenvalue weighted by Gasteiger charge is -2.18. The van der Waals surface area contributed by atoms with Crippen LogP contribution in [0.2, 0.25) is 0 Å². The van der Waals surface area contributed by atoms with Crippen LogP contribution in [-0.4, -0.2) is 0 Å². The van der Waals surface area contributed by atoms with E-state index in [0.717, 1.165) is 21.9 Å². The van der Waals surface area contributed by atoms with E-state index < -0.39 is 0 Å². The molecule has 250 valence electrons. The van der Waals surface area contributed by atoms with Crippen molar-refractivity contribution in [3.05, 3.63) is 182 Å². The zero-order chi connectivity index (χ0) is 35.3. The van der Waals surface area contributed by atoms with E-state index in [1.54, 1.807) is 0 Å². The summed E-state index contributed by atoms with van der Waals surface area (Å²) < 4.78 is 9.03. The van der Waals surface area contributed by atoms with Crippen molar-refractivity contribution in [3.8, 4) is 33.4 Å². The minimum absolute atomic E-state index is 0.920. The first-order valence-corrected chi connectivity index (χ1v) is 19.3.